The molecule has 0 aliphatic carbocycles. The van der Waals surface area contributed by atoms with Crippen molar-refractivity contribution in [3.63, 3.8) is 0 Å². The zero-order valence-electron chi connectivity index (χ0n) is 13.2. The molecule has 7 heteroatoms. The molecule has 0 saturated carbocycles. The molecule has 22 heavy (non-hydrogen) atoms. The van der Waals surface area contributed by atoms with Gasteiger partial charge in [0.05, 0.1) is 6.42 Å². The van der Waals surface area contributed by atoms with E-state index < -0.39 is 12.6 Å². The summed E-state index contributed by atoms with van der Waals surface area (Å²) in [4.78, 5) is 5.98. The van der Waals surface area contributed by atoms with Gasteiger partial charge in [-0.15, -0.1) is 0 Å². The van der Waals surface area contributed by atoms with Crippen LogP contribution in [0.4, 0.5) is 13.2 Å². The van der Waals surface area contributed by atoms with E-state index in [2.05, 4.69) is 20.5 Å². The van der Waals surface area contributed by atoms with Crippen LogP contribution in [-0.2, 0) is 13.1 Å². The van der Waals surface area contributed by atoms with E-state index in [1.807, 2.05) is 38.4 Å². The molecule has 4 nitrogen and oxygen atoms in total. The van der Waals surface area contributed by atoms with Gasteiger partial charge in [-0.1, -0.05) is 24.3 Å². The minimum absolute atomic E-state index is 0.190. The highest BCUT2D eigenvalue weighted by molar-refractivity contribution is 5.79. The van der Waals surface area contributed by atoms with Crippen LogP contribution in [-0.4, -0.2) is 44.7 Å². The van der Waals surface area contributed by atoms with Crippen LogP contribution in [0.1, 0.15) is 17.5 Å². The third-order valence-corrected chi connectivity index (χ3v) is 2.91. The maximum absolute atomic E-state index is 12.1. The number of benzene rings is 1. The molecule has 0 fully saturated rings. The summed E-state index contributed by atoms with van der Waals surface area (Å²) in [5.41, 5.74) is 2.25. The average Bonchev–Trinajstić information content (AvgIpc) is 2.42. The summed E-state index contributed by atoms with van der Waals surface area (Å²) in [5, 5.41) is 5.64. The number of halogens is 3. The molecule has 0 radical (unpaired) electrons. The van der Waals surface area contributed by atoms with Crippen molar-refractivity contribution in [2.24, 2.45) is 4.99 Å². The first-order valence-corrected chi connectivity index (χ1v) is 7.04. The molecular weight excluding hydrogens is 293 g/mol. The molecule has 0 unspecified atom stereocenters. The van der Waals surface area contributed by atoms with Crippen molar-refractivity contribution in [1.82, 2.24) is 15.5 Å². The lowest BCUT2D eigenvalue weighted by atomic mass is 10.1. The van der Waals surface area contributed by atoms with Gasteiger partial charge in [0.25, 0.3) is 0 Å². The minimum Gasteiger partial charge on any atom is -0.356 e. The Morgan fingerprint density at radius 1 is 1.09 bits per heavy atom. The molecule has 0 amide bonds. The normalized spacial score (nSPS) is 12.6. The van der Waals surface area contributed by atoms with Crippen LogP contribution < -0.4 is 10.6 Å². The summed E-state index contributed by atoms with van der Waals surface area (Å²) >= 11 is 0. The average molecular weight is 316 g/mol. The molecule has 0 aromatic heterocycles. The second-order valence-electron chi connectivity index (χ2n) is 5.27. The number of alkyl halides is 3. The molecule has 0 saturated heterocycles. The smallest absolute Gasteiger partial charge is 0.356 e. The summed E-state index contributed by atoms with van der Waals surface area (Å²) in [6.45, 7) is 1.19. The van der Waals surface area contributed by atoms with Crippen LogP contribution in [0.2, 0.25) is 0 Å². The Morgan fingerprint density at radius 2 is 1.68 bits per heavy atom. The number of nitrogens with zero attached hydrogens (tertiary/aromatic N) is 2. The van der Waals surface area contributed by atoms with Crippen molar-refractivity contribution in [2.75, 3.05) is 27.7 Å². The molecule has 0 spiro atoms. The summed E-state index contributed by atoms with van der Waals surface area (Å²) in [5.74, 6) is 0.363. The van der Waals surface area contributed by atoms with Gasteiger partial charge >= 0.3 is 6.18 Å². The maximum atomic E-state index is 12.1. The van der Waals surface area contributed by atoms with E-state index in [1.165, 1.54) is 12.6 Å². The van der Waals surface area contributed by atoms with E-state index in [-0.39, 0.29) is 6.54 Å². The molecule has 0 heterocycles. The van der Waals surface area contributed by atoms with Gasteiger partial charge in [0.15, 0.2) is 5.96 Å². The SMILES string of the molecule is CN=C(NCCC(F)(F)F)NCc1ccc(CN(C)C)cc1. The number of hydrogen-bond acceptors (Lipinski definition) is 2. The highest BCUT2D eigenvalue weighted by atomic mass is 19.4. The Balaban J connectivity index is 2.40. The Bertz CT molecular complexity index is 467. The van der Waals surface area contributed by atoms with Gasteiger partial charge in [-0.2, -0.15) is 13.2 Å². The molecule has 0 aliphatic heterocycles. The van der Waals surface area contributed by atoms with Gasteiger partial charge < -0.3 is 15.5 Å². The van der Waals surface area contributed by atoms with Crippen LogP contribution in [0, 0.1) is 0 Å². The zero-order valence-corrected chi connectivity index (χ0v) is 13.2. The fourth-order valence-electron chi connectivity index (χ4n) is 1.86. The van der Waals surface area contributed by atoms with Gasteiger partial charge in [0.1, 0.15) is 0 Å². The predicted molar refractivity (Wildman–Crippen MR) is 82.7 cm³/mol. The standard InChI is InChI=1S/C15H23F3N4/c1-19-14(20-9-8-15(16,17)18)21-10-12-4-6-13(7-5-12)11-22(2)3/h4-7H,8-11H2,1-3H3,(H2,19,20,21). The van der Waals surface area contributed by atoms with Crippen molar-refractivity contribution in [3.05, 3.63) is 35.4 Å². The van der Waals surface area contributed by atoms with Gasteiger partial charge in [0, 0.05) is 26.7 Å². The zero-order chi connectivity index (χ0) is 16.6. The summed E-state index contributed by atoms with van der Waals surface area (Å²) in [7, 11) is 5.54. The van der Waals surface area contributed by atoms with E-state index in [4.69, 9.17) is 0 Å². The van der Waals surface area contributed by atoms with E-state index in [0.717, 1.165) is 12.1 Å². The van der Waals surface area contributed by atoms with Gasteiger partial charge in [-0.25, -0.2) is 0 Å². The number of nitrogens with one attached hydrogen (secondary N) is 2. The summed E-state index contributed by atoms with van der Waals surface area (Å²) in [6, 6.07) is 8.07. The van der Waals surface area contributed by atoms with E-state index in [9.17, 15) is 13.2 Å². The Labute approximate surface area is 129 Å². The first kappa shape index (κ1) is 18.3. The molecule has 1 rings (SSSR count). The molecule has 124 valence electrons. The highest BCUT2D eigenvalue weighted by Gasteiger charge is 2.26. The maximum Gasteiger partial charge on any atom is 0.390 e. The van der Waals surface area contributed by atoms with Crippen molar-refractivity contribution < 1.29 is 13.2 Å². The van der Waals surface area contributed by atoms with Crippen molar-refractivity contribution in [1.29, 1.82) is 0 Å². The van der Waals surface area contributed by atoms with Crippen molar-refractivity contribution >= 4 is 5.96 Å². The molecule has 2 N–H and O–H groups in total. The number of hydrogen-bond donors (Lipinski definition) is 2. The lowest BCUT2D eigenvalue weighted by molar-refractivity contribution is -0.132. The quantitative estimate of drug-likeness (QED) is 0.625. The molecule has 0 bridgehead atoms. The third-order valence-electron chi connectivity index (χ3n) is 2.91. The molecule has 1 aromatic carbocycles. The van der Waals surface area contributed by atoms with Crippen LogP contribution in [0.3, 0.4) is 0 Å². The Kier molecular flexibility index (Phi) is 7.17. The largest absolute Gasteiger partial charge is 0.390 e. The first-order valence-electron chi connectivity index (χ1n) is 7.04. The van der Waals surface area contributed by atoms with E-state index in [0.29, 0.717) is 12.5 Å². The Hall–Kier alpha value is -1.76. The number of rotatable bonds is 6. The van der Waals surface area contributed by atoms with Gasteiger partial charge in [0.2, 0.25) is 0 Å². The first-order chi connectivity index (χ1) is 10.3. The molecule has 0 aliphatic rings. The van der Waals surface area contributed by atoms with Crippen LogP contribution in [0.15, 0.2) is 29.3 Å². The molecule has 0 atom stereocenters. The van der Waals surface area contributed by atoms with E-state index >= 15 is 0 Å². The summed E-state index contributed by atoms with van der Waals surface area (Å²) < 4.78 is 36.3. The number of aliphatic imine (C=N–C) groups is 1. The fourth-order valence-corrected chi connectivity index (χ4v) is 1.86. The fraction of sp³-hybridized carbons (Fsp3) is 0.533. The van der Waals surface area contributed by atoms with Crippen LogP contribution in [0.5, 0.6) is 0 Å². The lowest BCUT2D eigenvalue weighted by Gasteiger charge is -2.13. The monoisotopic (exact) mass is 316 g/mol. The van der Waals surface area contributed by atoms with Crippen molar-refractivity contribution in [3.8, 4) is 0 Å². The summed E-state index contributed by atoms with van der Waals surface area (Å²) in [6.07, 6.45) is -5.04. The Morgan fingerprint density at radius 3 is 2.18 bits per heavy atom. The van der Waals surface area contributed by atoms with Crippen LogP contribution in [0.25, 0.3) is 0 Å². The van der Waals surface area contributed by atoms with Gasteiger partial charge in [-0.3, -0.25) is 4.99 Å². The number of guanidine groups is 1. The molecular formula is C15H23F3N4. The predicted octanol–water partition coefficient (Wildman–Crippen LogP) is 2.37. The second kappa shape index (κ2) is 8.63. The second-order valence-corrected chi connectivity index (χ2v) is 5.27. The lowest BCUT2D eigenvalue weighted by Crippen LogP contribution is -2.38. The third kappa shape index (κ3) is 7.87. The minimum atomic E-state index is -4.16. The van der Waals surface area contributed by atoms with E-state index in [1.54, 1.807) is 0 Å². The van der Waals surface area contributed by atoms with Gasteiger partial charge in [-0.05, 0) is 25.2 Å². The van der Waals surface area contributed by atoms with Crippen molar-refractivity contribution in [2.45, 2.75) is 25.7 Å². The van der Waals surface area contributed by atoms with Crippen LogP contribution >= 0.6 is 0 Å². The highest BCUT2D eigenvalue weighted by Crippen LogP contribution is 2.18. The topological polar surface area (TPSA) is 39.7 Å². The molecule has 1 aromatic rings.